The number of nitrogens with zero attached hydrogens (tertiary/aromatic N) is 1. The molecule has 2 unspecified atom stereocenters. The van der Waals surface area contributed by atoms with Gasteiger partial charge in [-0.3, -0.25) is 4.90 Å². The zero-order chi connectivity index (χ0) is 13.7. The monoisotopic (exact) mass is 267 g/mol. The lowest BCUT2D eigenvalue weighted by atomic mass is 10.0. The molecule has 0 aromatic rings. The molecule has 1 fully saturated rings. The van der Waals surface area contributed by atoms with Crippen LogP contribution in [0.2, 0.25) is 0 Å². The first-order chi connectivity index (χ1) is 9.19. The third kappa shape index (κ3) is 2.98. The maximum absolute atomic E-state index is 11.8. The van der Waals surface area contributed by atoms with Gasteiger partial charge in [0.15, 0.2) is 0 Å². The van der Waals surface area contributed by atoms with E-state index in [0.717, 1.165) is 32.4 Å². The fourth-order valence-corrected chi connectivity index (χ4v) is 2.60. The number of aliphatic carboxylic acids is 1. The van der Waals surface area contributed by atoms with Crippen LogP contribution in [-0.4, -0.2) is 41.1 Å². The molecular formula is C14H21NO4. The van der Waals surface area contributed by atoms with Gasteiger partial charge in [-0.1, -0.05) is 19.4 Å². The number of likely N-dealkylation sites (tertiary alicyclic amines) is 1. The van der Waals surface area contributed by atoms with Gasteiger partial charge in [0.2, 0.25) is 12.0 Å². The van der Waals surface area contributed by atoms with Crippen LogP contribution in [0.15, 0.2) is 24.5 Å². The van der Waals surface area contributed by atoms with Crippen LogP contribution in [0, 0.1) is 0 Å². The number of carboxylic acid groups (broad SMARTS) is 1. The quantitative estimate of drug-likeness (QED) is 0.826. The summed E-state index contributed by atoms with van der Waals surface area (Å²) in [6.45, 7) is 3.35. The van der Waals surface area contributed by atoms with E-state index in [1.165, 1.54) is 6.26 Å². The summed E-state index contributed by atoms with van der Waals surface area (Å²) < 4.78 is 11.1. The Hall–Kier alpha value is -1.33. The van der Waals surface area contributed by atoms with Crippen LogP contribution < -0.4 is 0 Å². The molecule has 5 heteroatoms. The van der Waals surface area contributed by atoms with E-state index in [2.05, 4.69) is 0 Å². The molecule has 2 heterocycles. The molecule has 106 valence electrons. The van der Waals surface area contributed by atoms with Crippen molar-refractivity contribution in [2.24, 2.45) is 0 Å². The fraction of sp³-hybridized carbons (Fsp3) is 0.643. The van der Waals surface area contributed by atoms with E-state index in [1.807, 2.05) is 11.8 Å². The second-order valence-electron chi connectivity index (χ2n) is 4.83. The van der Waals surface area contributed by atoms with Gasteiger partial charge in [-0.25, -0.2) is 4.79 Å². The summed E-state index contributed by atoms with van der Waals surface area (Å²) in [7, 11) is 0. The summed E-state index contributed by atoms with van der Waals surface area (Å²) in [4.78, 5) is 13.7. The molecule has 2 atom stereocenters. The van der Waals surface area contributed by atoms with Crippen molar-refractivity contribution in [2.45, 2.75) is 44.6 Å². The molecule has 19 heavy (non-hydrogen) atoms. The maximum Gasteiger partial charge on any atom is 0.351 e. The van der Waals surface area contributed by atoms with E-state index < -0.39 is 18.0 Å². The summed E-state index contributed by atoms with van der Waals surface area (Å²) in [5.41, 5.74) is -1.29. The van der Waals surface area contributed by atoms with Crippen molar-refractivity contribution >= 4 is 5.97 Å². The van der Waals surface area contributed by atoms with Gasteiger partial charge >= 0.3 is 5.97 Å². The minimum atomic E-state index is -1.29. The topological polar surface area (TPSA) is 59.0 Å². The molecule has 0 radical (unpaired) electrons. The second-order valence-corrected chi connectivity index (χ2v) is 4.83. The lowest BCUT2D eigenvalue weighted by Crippen LogP contribution is -2.59. The highest BCUT2D eigenvalue weighted by molar-refractivity contribution is 5.77. The highest BCUT2D eigenvalue weighted by Crippen LogP contribution is 2.28. The Morgan fingerprint density at radius 3 is 2.68 bits per heavy atom. The summed E-state index contributed by atoms with van der Waals surface area (Å²) in [6.07, 6.45) is 9.71. The minimum absolute atomic E-state index is 0.389. The van der Waals surface area contributed by atoms with Gasteiger partial charge in [0.05, 0.1) is 6.26 Å². The lowest BCUT2D eigenvalue weighted by molar-refractivity contribution is -0.242. The Morgan fingerprint density at radius 2 is 2.16 bits per heavy atom. The van der Waals surface area contributed by atoms with Crippen LogP contribution in [0.4, 0.5) is 0 Å². The van der Waals surface area contributed by atoms with Crippen molar-refractivity contribution in [2.75, 3.05) is 13.1 Å². The molecule has 0 saturated carbocycles. The van der Waals surface area contributed by atoms with Crippen LogP contribution >= 0.6 is 0 Å². The predicted molar refractivity (Wildman–Crippen MR) is 70.3 cm³/mol. The van der Waals surface area contributed by atoms with E-state index in [9.17, 15) is 9.90 Å². The molecule has 0 aromatic carbocycles. The first-order valence-corrected chi connectivity index (χ1v) is 6.84. The van der Waals surface area contributed by atoms with Crippen molar-refractivity contribution in [3.63, 3.8) is 0 Å². The summed E-state index contributed by atoms with van der Waals surface area (Å²) in [5.74, 6) is -0.941. The number of hydrogen-bond acceptors (Lipinski definition) is 4. The SMILES string of the molecule is CCC(OC1C=CC=CO1)(C(=O)O)N1CCCCC1. The Labute approximate surface area is 113 Å². The molecule has 0 bridgehead atoms. The van der Waals surface area contributed by atoms with Crippen LogP contribution in [-0.2, 0) is 14.3 Å². The fourth-order valence-electron chi connectivity index (χ4n) is 2.60. The standard InChI is InChI=1S/C14H21NO4/c1-2-14(13(16)17,15-9-5-3-6-10-15)19-12-8-4-7-11-18-12/h4,7-8,11-12H,2-3,5-6,9-10H2,1H3,(H,16,17). The Balaban J connectivity index is 2.15. The first-order valence-electron chi connectivity index (χ1n) is 6.84. The number of piperidine rings is 1. The molecule has 2 aliphatic heterocycles. The van der Waals surface area contributed by atoms with Gasteiger partial charge in [0, 0.05) is 13.1 Å². The van der Waals surface area contributed by atoms with Crippen molar-refractivity contribution in [3.8, 4) is 0 Å². The minimum Gasteiger partial charge on any atom is -0.478 e. The van der Waals surface area contributed by atoms with Crippen LogP contribution in [0.3, 0.4) is 0 Å². The van der Waals surface area contributed by atoms with Gasteiger partial charge in [0.25, 0.3) is 0 Å². The zero-order valence-corrected chi connectivity index (χ0v) is 11.2. The number of hydrogen-bond donors (Lipinski definition) is 1. The largest absolute Gasteiger partial charge is 0.478 e. The molecule has 0 spiro atoms. The maximum atomic E-state index is 11.8. The summed E-state index contributed by atoms with van der Waals surface area (Å²) in [6, 6.07) is 0. The van der Waals surface area contributed by atoms with Gasteiger partial charge in [-0.05, 0) is 31.4 Å². The molecular weight excluding hydrogens is 246 g/mol. The average molecular weight is 267 g/mol. The normalized spacial score (nSPS) is 26.7. The number of rotatable bonds is 5. The van der Waals surface area contributed by atoms with Crippen LogP contribution in [0.25, 0.3) is 0 Å². The van der Waals surface area contributed by atoms with Crippen molar-refractivity contribution < 1.29 is 19.4 Å². The van der Waals surface area contributed by atoms with Crippen molar-refractivity contribution in [3.05, 3.63) is 24.5 Å². The Morgan fingerprint density at radius 1 is 1.42 bits per heavy atom. The van der Waals surface area contributed by atoms with E-state index in [1.54, 1.807) is 18.2 Å². The zero-order valence-electron chi connectivity index (χ0n) is 11.2. The molecule has 0 amide bonds. The number of carbonyl (C=O) groups is 1. The molecule has 1 saturated heterocycles. The smallest absolute Gasteiger partial charge is 0.351 e. The predicted octanol–water partition coefficient (Wildman–Crippen LogP) is 2.11. The molecule has 5 nitrogen and oxygen atoms in total. The molecule has 2 rings (SSSR count). The second kappa shape index (κ2) is 6.21. The molecule has 2 aliphatic rings. The van der Waals surface area contributed by atoms with Crippen LogP contribution in [0.5, 0.6) is 0 Å². The van der Waals surface area contributed by atoms with E-state index in [4.69, 9.17) is 9.47 Å². The van der Waals surface area contributed by atoms with E-state index >= 15 is 0 Å². The highest BCUT2D eigenvalue weighted by Gasteiger charge is 2.46. The first kappa shape index (κ1) is 14.1. The number of carboxylic acids is 1. The lowest BCUT2D eigenvalue weighted by Gasteiger charge is -2.42. The third-order valence-electron chi connectivity index (χ3n) is 3.66. The average Bonchev–Trinajstić information content (AvgIpc) is 2.46. The summed E-state index contributed by atoms with van der Waals surface area (Å²) in [5, 5.41) is 9.64. The molecule has 1 N–H and O–H groups in total. The van der Waals surface area contributed by atoms with Gasteiger partial charge in [-0.2, -0.15) is 0 Å². The van der Waals surface area contributed by atoms with Gasteiger partial charge in [-0.15, -0.1) is 0 Å². The van der Waals surface area contributed by atoms with Crippen molar-refractivity contribution in [1.82, 2.24) is 4.90 Å². The van der Waals surface area contributed by atoms with E-state index in [0.29, 0.717) is 6.42 Å². The number of allylic oxidation sites excluding steroid dienone is 2. The highest BCUT2D eigenvalue weighted by atomic mass is 16.7. The van der Waals surface area contributed by atoms with Gasteiger partial charge in [0.1, 0.15) is 0 Å². The molecule has 0 aromatic heterocycles. The Kier molecular flexibility index (Phi) is 4.61. The molecule has 0 aliphatic carbocycles. The Bertz CT molecular complexity index is 374. The number of ether oxygens (including phenoxy) is 2. The van der Waals surface area contributed by atoms with Crippen molar-refractivity contribution in [1.29, 1.82) is 0 Å². The third-order valence-corrected chi connectivity index (χ3v) is 3.66. The van der Waals surface area contributed by atoms with E-state index in [-0.39, 0.29) is 0 Å². The van der Waals surface area contributed by atoms with Crippen LogP contribution in [0.1, 0.15) is 32.6 Å². The summed E-state index contributed by atoms with van der Waals surface area (Å²) >= 11 is 0. The van der Waals surface area contributed by atoms with Gasteiger partial charge < -0.3 is 14.6 Å².